The average Bonchev–Trinajstić information content (AvgIpc) is 3.37. The number of H-pyrrole nitrogens is 1. The van der Waals surface area contributed by atoms with E-state index in [4.69, 9.17) is 5.73 Å². The Morgan fingerprint density at radius 2 is 1.41 bits per heavy atom. The Morgan fingerprint density at radius 1 is 0.783 bits per heavy atom. The molecule has 0 saturated heterocycles. The second-order valence-electron chi connectivity index (χ2n) is 12.0. The lowest BCUT2D eigenvalue weighted by Gasteiger charge is -2.24. The molecule has 3 atom stereocenters. The largest absolute Gasteiger partial charge is 0.481 e. The molecule has 13 nitrogen and oxygen atoms in total. The van der Waals surface area contributed by atoms with E-state index in [1.165, 1.54) is 19.3 Å². The van der Waals surface area contributed by atoms with E-state index < -0.39 is 60.6 Å². The number of fused-ring (bicyclic) bond motifs is 1. The summed E-state index contributed by atoms with van der Waals surface area (Å²) in [5, 5.41) is 20.5. The number of aromatic amines is 1. The van der Waals surface area contributed by atoms with E-state index in [0.29, 0.717) is 12.8 Å². The van der Waals surface area contributed by atoms with Gasteiger partial charge in [-0.25, -0.2) is 0 Å². The third kappa shape index (κ3) is 14.1. The maximum absolute atomic E-state index is 13.3. The van der Waals surface area contributed by atoms with E-state index in [0.717, 1.165) is 42.1 Å². The van der Waals surface area contributed by atoms with Crippen LogP contribution in [0.25, 0.3) is 10.9 Å². The highest BCUT2D eigenvalue weighted by atomic mass is 16.4. The monoisotopic (exact) mass is 642 g/mol. The number of nitrogens with two attached hydrogens (primary N) is 1. The van der Waals surface area contributed by atoms with Crippen molar-refractivity contribution in [2.24, 2.45) is 5.73 Å². The number of amides is 5. The number of nitrogens with one attached hydrogen (secondary N) is 5. The number of primary amides is 1. The summed E-state index contributed by atoms with van der Waals surface area (Å²) in [6.45, 7) is 5.51. The number of aliphatic carboxylic acids is 1. The van der Waals surface area contributed by atoms with Gasteiger partial charge in [0.05, 0.1) is 12.8 Å². The highest BCUT2D eigenvalue weighted by molar-refractivity contribution is 5.96. The topological polar surface area (TPSA) is 213 Å². The second-order valence-corrected chi connectivity index (χ2v) is 12.0. The first-order valence-corrected chi connectivity index (χ1v) is 16.1. The van der Waals surface area contributed by atoms with Crippen LogP contribution >= 0.6 is 0 Å². The molecular formula is C33H50N6O7. The normalized spacial score (nSPS) is 13.0. The molecule has 0 aliphatic rings. The van der Waals surface area contributed by atoms with Gasteiger partial charge >= 0.3 is 5.97 Å². The molecule has 13 heteroatoms. The summed E-state index contributed by atoms with van der Waals surface area (Å²) in [6.07, 6.45) is 8.38. The second kappa shape index (κ2) is 19.9. The van der Waals surface area contributed by atoms with Crippen molar-refractivity contribution < 1.29 is 33.9 Å². The molecule has 0 spiro atoms. The standard InChI is InChI=1S/C33H50N6O7/c1-4-5-6-7-8-9-10-15-29(41)37-23(16-22-20-35-25-14-12-11-13-24(22)25)17-30(42)38-26(18-28(34)40)33(46)39-27(19-31(43)44)32(45)36-21(2)3/h11-14,20-21,23,26-27,35H,4-10,15-19H2,1-3H3,(H2,34,40)(H,36,45)(H,37,41)(H,38,42)(H,39,46)(H,43,44). The molecule has 1 heterocycles. The highest BCUT2D eigenvalue weighted by Crippen LogP contribution is 2.20. The number of carboxylic acids is 1. The summed E-state index contributed by atoms with van der Waals surface area (Å²) >= 11 is 0. The molecule has 2 aromatic rings. The molecule has 0 fully saturated rings. The molecule has 3 unspecified atom stereocenters. The Hall–Kier alpha value is -4.42. The Morgan fingerprint density at radius 3 is 2.07 bits per heavy atom. The molecule has 0 saturated carbocycles. The van der Waals surface area contributed by atoms with Gasteiger partial charge in [0, 0.05) is 42.0 Å². The zero-order valence-corrected chi connectivity index (χ0v) is 27.2. The molecule has 46 heavy (non-hydrogen) atoms. The van der Waals surface area contributed by atoms with E-state index in [1.807, 2.05) is 30.5 Å². The molecule has 8 N–H and O–H groups in total. The van der Waals surface area contributed by atoms with E-state index in [2.05, 4.69) is 33.2 Å². The lowest BCUT2D eigenvalue weighted by Crippen LogP contribution is -2.56. The molecule has 0 aliphatic heterocycles. The number of rotatable bonds is 22. The van der Waals surface area contributed by atoms with Gasteiger partial charge in [-0.15, -0.1) is 0 Å². The van der Waals surface area contributed by atoms with Crippen molar-refractivity contribution in [3.63, 3.8) is 0 Å². The van der Waals surface area contributed by atoms with Crippen LogP contribution in [0.15, 0.2) is 30.5 Å². The number of aromatic nitrogens is 1. The molecule has 1 aromatic heterocycles. The Bertz CT molecular complexity index is 1320. The smallest absolute Gasteiger partial charge is 0.305 e. The molecule has 1 aromatic carbocycles. The number of benzene rings is 1. The fourth-order valence-corrected chi connectivity index (χ4v) is 5.21. The number of hydrogen-bond acceptors (Lipinski definition) is 6. The van der Waals surface area contributed by atoms with Gasteiger partial charge < -0.3 is 37.1 Å². The van der Waals surface area contributed by atoms with Gasteiger partial charge in [-0.1, -0.05) is 63.6 Å². The van der Waals surface area contributed by atoms with Crippen molar-refractivity contribution in [3.8, 4) is 0 Å². The summed E-state index contributed by atoms with van der Waals surface area (Å²) in [4.78, 5) is 78.2. The van der Waals surface area contributed by atoms with Crippen LogP contribution in [0.5, 0.6) is 0 Å². The minimum atomic E-state index is -1.47. The van der Waals surface area contributed by atoms with E-state index in [9.17, 15) is 33.9 Å². The number of carbonyl (C=O) groups is 6. The van der Waals surface area contributed by atoms with Gasteiger partial charge in [-0.3, -0.25) is 28.8 Å². The maximum atomic E-state index is 13.3. The van der Waals surface area contributed by atoms with Crippen molar-refractivity contribution in [1.29, 1.82) is 0 Å². The van der Waals surface area contributed by atoms with Crippen LogP contribution in [0.3, 0.4) is 0 Å². The van der Waals surface area contributed by atoms with Crippen LogP contribution in [0.2, 0.25) is 0 Å². The lowest BCUT2D eigenvalue weighted by atomic mass is 10.0. The third-order valence-corrected chi connectivity index (χ3v) is 7.45. The van der Waals surface area contributed by atoms with Crippen molar-refractivity contribution in [1.82, 2.24) is 26.3 Å². The SMILES string of the molecule is CCCCCCCCCC(=O)NC(CC(=O)NC(CC(N)=O)C(=O)NC(CC(=O)O)C(=O)NC(C)C)Cc1c[nH]c2ccccc12. The van der Waals surface area contributed by atoms with Crippen LogP contribution in [0, 0.1) is 0 Å². The molecule has 0 radical (unpaired) electrons. The van der Waals surface area contributed by atoms with E-state index >= 15 is 0 Å². The number of hydrogen-bond donors (Lipinski definition) is 7. The van der Waals surface area contributed by atoms with Gasteiger partial charge in [-0.2, -0.15) is 0 Å². The minimum absolute atomic E-state index is 0.190. The van der Waals surface area contributed by atoms with Crippen LogP contribution in [0.1, 0.15) is 97.0 Å². The maximum Gasteiger partial charge on any atom is 0.305 e. The van der Waals surface area contributed by atoms with E-state index in [-0.39, 0.29) is 18.4 Å². The van der Waals surface area contributed by atoms with Gasteiger partial charge in [0.1, 0.15) is 12.1 Å². The lowest BCUT2D eigenvalue weighted by molar-refractivity contribution is -0.141. The molecule has 0 aliphatic carbocycles. The van der Waals surface area contributed by atoms with Crippen LogP contribution < -0.4 is 27.0 Å². The zero-order valence-electron chi connectivity index (χ0n) is 27.2. The van der Waals surface area contributed by atoms with Crippen molar-refractivity contribution in [3.05, 3.63) is 36.0 Å². The van der Waals surface area contributed by atoms with E-state index in [1.54, 1.807) is 13.8 Å². The first kappa shape index (κ1) is 37.8. The number of carboxylic acid groups (broad SMARTS) is 1. The number of carbonyl (C=O) groups excluding carboxylic acids is 5. The average molecular weight is 643 g/mol. The minimum Gasteiger partial charge on any atom is -0.481 e. The Balaban J connectivity index is 2.14. The molecule has 5 amide bonds. The van der Waals surface area contributed by atoms with Crippen molar-refractivity contribution >= 4 is 46.4 Å². The zero-order chi connectivity index (χ0) is 34.1. The summed E-state index contributed by atoms with van der Waals surface area (Å²) in [6, 6.07) is 3.79. The summed E-state index contributed by atoms with van der Waals surface area (Å²) in [7, 11) is 0. The molecule has 254 valence electrons. The molecular weight excluding hydrogens is 592 g/mol. The van der Waals surface area contributed by atoms with Gasteiger partial charge in [0.2, 0.25) is 29.5 Å². The highest BCUT2D eigenvalue weighted by Gasteiger charge is 2.30. The van der Waals surface area contributed by atoms with Crippen molar-refractivity contribution in [2.75, 3.05) is 0 Å². The van der Waals surface area contributed by atoms with Gasteiger partial charge in [-0.05, 0) is 38.3 Å². The van der Waals surface area contributed by atoms with Gasteiger partial charge in [0.15, 0.2) is 0 Å². The predicted molar refractivity (Wildman–Crippen MR) is 174 cm³/mol. The first-order valence-electron chi connectivity index (χ1n) is 16.1. The predicted octanol–water partition coefficient (Wildman–Crippen LogP) is 2.57. The Labute approximate surface area is 270 Å². The Kier molecular flexibility index (Phi) is 16.3. The summed E-state index contributed by atoms with van der Waals surface area (Å²) < 4.78 is 0. The summed E-state index contributed by atoms with van der Waals surface area (Å²) in [5.74, 6) is -4.70. The third-order valence-electron chi connectivity index (χ3n) is 7.45. The molecule has 0 bridgehead atoms. The summed E-state index contributed by atoms with van der Waals surface area (Å²) in [5.41, 5.74) is 7.14. The quantitative estimate of drug-likeness (QED) is 0.0953. The number of para-hydroxylation sites is 1. The van der Waals surface area contributed by atoms with Gasteiger partial charge in [0.25, 0.3) is 0 Å². The van der Waals surface area contributed by atoms with Crippen LogP contribution in [-0.4, -0.2) is 69.8 Å². The fraction of sp³-hybridized carbons (Fsp3) is 0.576. The van der Waals surface area contributed by atoms with Crippen molar-refractivity contribution in [2.45, 2.75) is 122 Å². The van der Waals surface area contributed by atoms with Crippen LogP contribution in [0.4, 0.5) is 0 Å². The fourth-order valence-electron chi connectivity index (χ4n) is 5.21. The van der Waals surface area contributed by atoms with Crippen LogP contribution in [-0.2, 0) is 35.2 Å². The first-order chi connectivity index (χ1) is 21.9. The number of unbranched alkanes of at least 4 members (excludes halogenated alkanes) is 6. The molecule has 2 rings (SSSR count).